The highest BCUT2D eigenvalue weighted by Gasteiger charge is 2.13. The van der Waals surface area contributed by atoms with E-state index < -0.39 is 0 Å². The molecule has 0 bridgehead atoms. The summed E-state index contributed by atoms with van der Waals surface area (Å²) in [5.74, 6) is -0.0212. The molecule has 0 atom stereocenters. The molecule has 0 aliphatic carbocycles. The molecule has 0 aliphatic rings. The predicted octanol–water partition coefficient (Wildman–Crippen LogP) is 3.21. The van der Waals surface area contributed by atoms with Gasteiger partial charge in [-0.2, -0.15) is 4.68 Å². The minimum atomic E-state index is -0.175. The van der Waals surface area contributed by atoms with Gasteiger partial charge in [-0.3, -0.25) is 9.59 Å². The van der Waals surface area contributed by atoms with Crippen LogP contribution in [0, 0.1) is 13.8 Å². The molecule has 7 nitrogen and oxygen atoms in total. The maximum absolute atomic E-state index is 12.2. The van der Waals surface area contributed by atoms with Gasteiger partial charge in [0.1, 0.15) is 0 Å². The van der Waals surface area contributed by atoms with Crippen molar-refractivity contribution in [2.24, 2.45) is 0 Å². The number of nitrogens with zero attached hydrogens (tertiary/aromatic N) is 4. The lowest BCUT2D eigenvalue weighted by Gasteiger charge is -2.08. The zero-order valence-electron chi connectivity index (χ0n) is 15.3. The second-order valence-electron chi connectivity index (χ2n) is 6.13. The highest BCUT2D eigenvalue weighted by atomic mass is 32.2. The van der Waals surface area contributed by atoms with Gasteiger partial charge in [-0.15, -0.1) is 5.10 Å². The Balaban J connectivity index is 1.64. The normalized spacial score (nSPS) is 10.6. The first-order chi connectivity index (χ1) is 12.9. The Bertz CT molecular complexity index is 982. The van der Waals surface area contributed by atoms with Gasteiger partial charge in [0.25, 0.3) is 0 Å². The van der Waals surface area contributed by atoms with Gasteiger partial charge in [0.15, 0.2) is 5.78 Å². The number of anilines is 1. The van der Waals surface area contributed by atoms with E-state index in [1.165, 1.54) is 18.7 Å². The molecular weight excluding hydrogens is 362 g/mol. The van der Waals surface area contributed by atoms with E-state index in [2.05, 4.69) is 26.9 Å². The summed E-state index contributed by atoms with van der Waals surface area (Å²) < 4.78 is 1.63. The summed E-state index contributed by atoms with van der Waals surface area (Å²) in [6.07, 6.45) is 0. The second-order valence-corrected chi connectivity index (χ2v) is 7.08. The van der Waals surface area contributed by atoms with Gasteiger partial charge in [-0.05, 0) is 67.1 Å². The van der Waals surface area contributed by atoms with Crippen LogP contribution in [0.1, 0.15) is 28.4 Å². The molecule has 3 aromatic rings. The van der Waals surface area contributed by atoms with Crippen molar-refractivity contribution in [3.8, 4) is 5.69 Å². The fraction of sp³-hybridized carbons (Fsp3) is 0.211. The summed E-state index contributed by atoms with van der Waals surface area (Å²) in [6.45, 7) is 5.53. The van der Waals surface area contributed by atoms with E-state index in [1.807, 2.05) is 26.0 Å². The van der Waals surface area contributed by atoms with Crippen LogP contribution in [-0.4, -0.2) is 37.7 Å². The number of thioether (sulfide) groups is 1. The average molecular weight is 381 g/mol. The lowest BCUT2D eigenvalue weighted by molar-refractivity contribution is -0.113. The SMILES string of the molecule is CC(=O)c1ccc(NC(=O)CSc2nnnn2-c2ccc(C)cc2C)cc1. The number of Topliss-reactive ketones (excluding diaryl/α,β-unsaturated/α-hetero) is 1. The standard InChI is InChI=1S/C19H19N5O2S/c1-12-4-9-17(13(2)10-12)24-19(21-22-23-24)27-11-18(26)20-16-7-5-15(6-8-16)14(3)25/h4-10H,11H2,1-3H3,(H,20,26). The number of rotatable bonds is 6. The number of tetrazole rings is 1. The predicted molar refractivity (Wildman–Crippen MR) is 104 cm³/mol. The monoisotopic (exact) mass is 381 g/mol. The number of aromatic nitrogens is 4. The Morgan fingerprint density at radius 3 is 2.52 bits per heavy atom. The Kier molecular flexibility index (Phi) is 5.66. The van der Waals surface area contributed by atoms with Crippen LogP contribution in [0.3, 0.4) is 0 Å². The van der Waals surface area contributed by atoms with Crippen LogP contribution in [0.2, 0.25) is 0 Å². The highest BCUT2D eigenvalue weighted by Crippen LogP contribution is 2.21. The zero-order valence-corrected chi connectivity index (χ0v) is 16.1. The molecule has 8 heteroatoms. The van der Waals surface area contributed by atoms with E-state index in [9.17, 15) is 9.59 Å². The van der Waals surface area contributed by atoms with Crippen molar-refractivity contribution in [1.29, 1.82) is 0 Å². The van der Waals surface area contributed by atoms with Gasteiger partial charge < -0.3 is 5.32 Å². The molecule has 1 aromatic heterocycles. The molecule has 138 valence electrons. The van der Waals surface area contributed by atoms with Gasteiger partial charge in [0, 0.05) is 11.3 Å². The zero-order chi connectivity index (χ0) is 19.4. The minimum Gasteiger partial charge on any atom is -0.325 e. The van der Waals surface area contributed by atoms with Crippen molar-refractivity contribution in [2.75, 3.05) is 11.1 Å². The van der Waals surface area contributed by atoms with Crippen LogP contribution in [0.25, 0.3) is 5.69 Å². The molecule has 0 unspecified atom stereocenters. The lowest BCUT2D eigenvalue weighted by atomic mass is 10.1. The fourth-order valence-electron chi connectivity index (χ4n) is 2.58. The van der Waals surface area contributed by atoms with Crippen LogP contribution in [0.5, 0.6) is 0 Å². The van der Waals surface area contributed by atoms with Crippen molar-refractivity contribution in [1.82, 2.24) is 20.2 Å². The average Bonchev–Trinajstić information content (AvgIpc) is 3.09. The molecule has 1 N–H and O–H groups in total. The number of aryl methyl sites for hydroxylation is 2. The van der Waals surface area contributed by atoms with Crippen molar-refractivity contribution >= 4 is 29.1 Å². The smallest absolute Gasteiger partial charge is 0.234 e. The first-order valence-corrected chi connectivity index (χ1v) is 9.32. The number of ketones is 1. The van der Waals surface area contributed by atoms with Gasteiger partial charge in [0.2, 0.25) is 11.1 Å². The number of carbonyl (C=O) groups excluding carboxylic acids is 2. The molecule has 0 spiro atoms. The minimum absolute atomic E-state index is 0.0123. The van der Waals surface area contributed by atoms with E-state index in [-0.39, 0.29) is 17.4 Å². The van der Waals surface area contributed by atoms with Gasteiger partial charge in [-0.1, -0.05) is 29.5 Å². The third kappa shape index (κ3) is 4.59. The summed E-state index contributed by atoms with van der Waals surface area (Å²) in [7, 11) is 0. The molecule has 0 saturated carbocycles. The van der Waals surface area contributed by atoms with Crippen molar-refractivity contribution in [3.05, 3.63) is 59.2 Å². The summed E-state index contributed by atoms with van der Waals surface area (Å²) in [5, 5.41) is 15.1. The van der Waals surface area contributed by atoms with Crippen LogP contribution in [-0.2, 0) is 4.79 Å². The number of hydrogen-bond donors (Lipinski definition) is 1. The number of carbonyl (C=O) groups is 2. The molecule has 1 amide bonds. The molecule has 2 aromatic carbocycles. The van der Waals surface area contributed by atoms with Crippen LogP contribution >= 0.6 is 11.8 Å². The summed E-state index contributed by atoms with van der Waals surface area (Å²) in [5.41, 5.74) is 4.34. The van der Waals surface area contributed by atoms with Crippen LogP contribution in [0.15, 0.2) is 47.6 Å². The molecule has 3 rings (SSSR count). The van der Waals surface area contributed by atoms with Crippen LogP contribution < -0.4 is 5.32 Å². The largest absolute Gasteiger partial charge is 0.325 e. The summed E-state index contributed by atoms with van der Waals surface area (Å²) >= 11 is 1.26. The number of amides is 1. The molecule has 0 fully saturated rings. The third-order valence-electron chi connectivity index (χ3n) is 3.93. The third-order valence-corrected chi connectivity index (χ3v) is 4.85. The van der Waals surface area contributed by atoms with E-state index in [0.29, 0.717) is 16.4 Å². The van der Waals surface area contributed by atoms with Crippen molar-refractivity contribution < 1.29 is 9.59 Å². The first kappa shape index (κ1) is 18.8. The number of benzene rings is 2. The quantitative estimate of drug-likeness (QED) is 0.521. The topological polar surface area (TPSA) is 89.8 Å². The number of nitrogens with one attached hydrogen (secondary N) is 1. The highest BCUT2D eigenvalue weighted by molar-refractivity contribution is 7.99. The Morgan fingerprint density at radius 2 is 1.85 bits per heavy atom. The maximum Gasteiger partial charge on any atom is 0.234 e. The summed E-state index contributed by atoms with van der Waals surface area (Å²) in [4.78, 5) is 23.5. The van der Waals surface area contributed by atoms with Gasteiger partial charge in [-0.25, -0.2) is 0 Å². The number of hydrogen-bond acceptors (Lipinski definition) is 6. The molecule has 1 heterocycles. The molecule has 27 heavy (non-hydrogen) atoms. The van der Waals surface area contributed by atoms with Crippen molar-refractivity contribution in [3.63, 3.8) is 0 Å². The lowest BCUT2D eigenvalue weighted by Crippen LogP contribution is -2.14. The van der Waals surface area contributed by atoms with Crippen LogP contribution in [0.4, 0.5) is 5.69 Å². The fourth-order valence-corrected chi connectivity index (χ4v) is 3.26. The Labute approximate surface area is 161 Å². The molecule has 0 aliphatic heterocycles. The first-order valence-electron chi connectivity index (χ1n) is 8.33. The molecule has 0 saturated heterocycles. The Morgan fingerprint density at radius 1 is 1.11 bits per heavy atom. The van der Waals surface area contributed by atoms with E-state index >= 15 is 0 Å². The van der Waals surface area contributed by atoms with E-state index in [4.69, 9.17) is 0 Å². The second kappa shape index (κ2) is 8.13. The van der Waals surface area contributed by atoms with Gasteiger partial charge >= 0.3 is 0 Å². The molecular formula is C19H19N5O2S. The van der Waals surface area contributed by atoms with Gasteiger partial charge in [0.05, 0.1) is 11.4 Å². The van der Waals surface area contributed by atoms with E-state index in [0.717, 1.165) is 16.8 Å². The summed E-state index contributed by atoms with van der Waals surface area (Å²) in [6, 6.07) is 12.8. The van der Waals surface area contributed by atoms with E-state index in [1.54, 1.807) is 28.9 Å². The van der Waals surface area contributed by atoms with Crippen molar-refractivity contribution in [2.45, 2.75) is 25.9 Å². The molecule has 0 radical (unpaired) electrons. The maximum atomic E-state index is 12.2. The Hall–Kier alpha value is -3.00.